The molecule has 6 heteroatoms. The largest absolute Gasteiger partial charge is 0.361 e. The molecule has 0 radical (unpaired) electrons. The molecule has 0 aliphatic heterocycles. The van der Waals surface area contributed by atoms with Crippen molar-refractivity contribution < 1.29 is 4.74 Å². The first kappa shape index (κ1) is 16.9. The van der Waals surface area contributed by atoms with Gasteiger partial charge in [-0.3, -0.25) is 4.68 Å². The van der Waals surface area contributed by atoms with E-state index < -0.39 is 8.07 Å². The third-order valence-electron chi connectivity index (χ3n) is 4.09. The number of fused-ring (bicyclic) bond motifs is 1. The van der Waals surface area contributed by atoms with E-state index in [1.54, 1.807) is 0 Å². The van der Waals surface area contributed by atoms with E-state index in [1.165, 1.54) is 6.04 Å². The molecule has 128 valence electrons. The fourth-order valence-electron chi connectivity index (χ4n) is 2.71. The van der Waals surface area contributed by atoms with Crippen molar-refractivity contribution >= 4 is 19.1 Å². The molecule has 0 atom stereocenters. The number of hydrogen-bond donors (Lipinski definition) is 0. The molecule has 24 heavy (non-hydrogen) atoms. The van der Waals surface area contributed by atoms with Crippen LogP contribution in [0.15, 0.2) is 30.9 Å². The van der Waals surface area contributed by atoms with E-state index in [1.807, 2.05) is 30.3 Å². The van der Waals surface area contributed by atoms with Crippen LogP contribution >= 0.6 is 0 Å². The molecular weight excluding hydrogens is 316 g/mol. The van der Waals surface area contributed by atoms with Crippen LogP contribution in [0, 0.1) is 6.92 Å². The number of hydrogen-bond acceptors (Lipinski definition) is 3. The van der Waals surface area contributed by atoms with E-state index in [0.29, 0.717) is 6.73 Å². The maximum absolute atomic E-state index is 5.93. The fourth-order valence-corrected chi connectivity index (χ4v) is 3.46. The van der Waals surface area contributed by atoms with Gasteiger partial charge in [0.1, 0.15) is 12.4 Å². The Morgan fingerprint density at radius 2 is 1.96 bits per heavy atom. The van der Waals surface area contributed by atoms with Gasteiger partial charge in [-0.25, -0.2) is 4.98 Å². The zero-order chi connectivity index (χ0) is 17.3. The maximum Gasteiger partial charge on any atom is 0.142 e. The molecular formula is C18H26N4OSi. The van der Waals surface area contributed by atoms with Crippen molar-refractivity contribution in [1.82, 2.24) is 19.3 Å². The lowest BCUT2D eigenvalue weighted by Gasteiger charge is -2.15. The molecule has 0 N–H and O–H groups in total. The Bertz CT molecular complexity index is 844. The minimum atomic E-state index is -1.06. The van der Waals surface area contributed by atoms with Gasteiger partial charge in [-0.1, -0.05) is 19.6 Å². The minimum absolute atomic E-state index is 0.539. The van der Waals surface area contributed by atoms with Gasteiger partial charge in [0.2, 0.25) is 0 Å². The van der Waals surface area contributed by atoms with Crippen molar-refractivity contribution in [3.63, 3.8) is 0 Å². The van der Waals surface area contributed by atoms with Crippen LogP contribution in [0.5, 0.6) is 0 Å². The van der Waals surface area contributed by atoms with Crippen molar-refractivity contribution in [2.24, 2.45) is 7.05 Å². The van der Waals surface area contributed by atoms with Gasteiger partial charge in [-0.05, 0) is 24.6 Å². The molecule has 0 saturated heterocycles. The number of nitrogens with zero attached hydrogens (tertiary/aromatic N) is 4. The van der Waals surface area contributed by atoms with Crippen LogP contribution < -0.4 is 0 Å². The zero-order valence-electron chi connectivity index (χ0n) is 15.2. The van der Waals surface area contributed by atoms with Crippen LogP contribution in [0.4, 0.5) is 0 Å². The SMILES string of the molecule is Cc1cnc2c(c1)c(-c1cnn(C)c1)cn2COCC[Si](C)(C)C. The van der Waals surface area contributed by atoms with E-state index in [2.05, 4.69) is 53.5 Å². The van der Waals surface area contributed by atoms with E-state index >= 15 is 0 Å². The highest BCUT2D eigenvalue weighted by Crippen LogP contribution is 2.30. The molecule has 0 fully saturated rings. The molecule has 0 aliphatic carbocycles. The molecule has 5 nitrogen and oxygen atoms in total. The first-order valence-electron chi connectivity index (χ1n) is 8.36. The quantitative estimate of drug-likeness (QED) is 0.501. The van der Waals surface area contributed by atoms with Gasteiger partial charge < -0.3 is 9.30 Å². The lowest BCUT2D eigenvalue weighted by molar-refractivity contribution is 0.0899. The predicted octanol–water partition coefficient (Wildman–Crippen LogP) is 4.06. The molecule has 3 heterocycles. The average molecular weight is 343 g/mol. The van der Waals surface area contributed by atoms with Gasteiger partial charge in [0.15, 0.2) is 0 Å². The molecule has 0 aromatic carbocycles. The molecule has 3 rings (SSSR count). The zero-order valence-corrected chi connectivity index (χ0v) is 16.2. The molecule has 0 unspecified atom stereocenters. The van der Waals surface area contributed by atoms with Gasteiger partial charge in [0.25, 0.3) is 0 Å². The molecule has 3 aromatic heterocycles. The monoisotopic (exact) mass is 342 g/mol. The second-order valence-electron chi connectivity index (χ2n) is 7.65. The van der Waals surface area contributed by atoms with E-state index in [9.17, 15) is 0 Å². The van der Waals surface area contributed by atoms with E-state index in [-0.39, 0.29) is 0 Å². The van der Waals surface area contributed by atoms with Crippen LogP contribution in [0.3, 0.4) is 0 Å². The summed E-state index contributed by atoms with van der Waals surface area (Å²) in [5.41, 5.74) is 4.39. The lowest BCUT2D eigenvalue weighted by Crippen LogP contribution is -2.22. The summed E-state index contributed by atoms with van der Waals surface area (Å²) in [6, 6.07) is 3.36. The molecule has 3 aromatic rings. The van der Waals surface area contributed by atoms with Gasteiger partial charge >= 0.3 is 0 Å². The fraction of sp³-hybridized carbons (Fsp3) is 0.444. The van der Waals surface area contributed by atoms with Crippen LogP contribution in [0.1, 0.15) is 5.56 Å². The number of aromatic nitrogens is 4. The molecule has 0 aliphatic rings. The Kier molecular flexibility index (Phi) is 4.60. The van der Waals surface area contributed by atoms with E-state index in [0.717, 1.165) is 34.3 Å². The third kappa shape index (κ3) is 3.76. The summed E-state index contributed by atoms with van der Waals surface area (Å²) in [6.45, 7) is 10.5. The number of rotatable bonds is 6. The number of ether oxygens (including phenoxy) is 1. The Morgan fingerprint density at radius 1 is 1.17 bits per heavy atom. The maximum atomic E-state index is 5.93. The topological polar surface area (TPSA) is 44.9 Å². The number of pyridine rings is 1. The molecule has 0 bridgehead atoms. The second kappa shape index (κ2) is 6.53. The lowest BCUT2D eigenvalue weighted by atomic mass is 10.1. The summed E-state index contributed by atoms with van der Waals surface area (Å²) in [7, 11) is 0.874. The van der Waals surface area contributed by atoms with Gasteiger partial charge in [-0.15, -0.1) is 0 Å². The van der Waals surface area contributed by atoms with Crippen LogP contribution in [-0.2, 0) is 18.5 Å². The van der Waals surface area contributed by atoms with Gasteiger partial charge in [-0.2, -0.15) is 5.10 Å². The first-order chi connectivity index (χ1) is 11.3. The van der Waals surface area contributed by atoms with E-state index in [4.69, 9.17) is 4.74 Å². The Hall–Kier alpha value is -1.92. The summed E-state index contributed by atoms with van der Waals surface area (Å²) in [5, 5.41) is 5.44. The standard InChI is InChI=1S/C18H26N4OSi/c1-14-8-16-17(15-10-20-21(2)11-15)12-22(18(16)19-9-14)13-23-6-7-24(3,4)5/h8-12H,6-7,13H2,1-5H3. The molecule has 0 amide bonds. The third-order valence-corrected chi connectivity index (χ3v) is 5.80. The summed E-state index contributed by atoms with van der Waals surface area (Å²) in [4.78, 5) is 4.63. The van der Waals surface area contributed by atoms with Crippen LogP contribution in [0.25, 0.3) is 22.2 Å². The van der Waals surface area contributed by atoms with Crippen molar-refractivity contribution in [3.8, 4) is 11.1 Å². The highest BCUT2D eigenvalue weighted by atomic mass is 28.3. The normalized spacial score (nSPS) is 12.2. The average Bonchev–Trinajstić information content (AvgIpc) is 3.06. The summed E-state index contributed by atoms with van der Waals surface area (Å²) >= 11 is 0. The number of aryl methyl sites for hydroxylation is 2. The van der Waals surface area contributed by atoms with Crippen molar-refractivity contribution in [2.75, 3.05) is 6.61 Å². The Morgan fingerprint density at radius 3 is 2.62 bits per heavy atom. The van der Waals surface area contributed by atoms with Crippen molar-refractivity contribution in [3.05, 3.63) is 36.4 Å². The van der Waals surface area contributed by atoms with Crippen LogP contribution in [0.2, 0.25) is 25.7 Å². The summed E-state index contributed by atoms with van der Waals surface area (Å²) in [6.07, 6.45) is 7.97. The Labute approximate surface area is 144 Å². The summed E-state index contributed by atoms with van der Waals surface area (Å²) in [5.74, 6) is 0. The van der Waals surface area contributed by atoms with Gasteiger partial charge in [0.05, 0.1) is 6.20 Å². The molecule has 0 spiro atoms. The van der Waals surface area contributed by atoms with Gasteiger partial charge in [0, 0.05) is 56.8 Å². The highest BCUT2D eigenvalue weighted by molar-refractivity contribution is 6.76. The molecule has 0 saturated carbocycles. The second-order valence-corrected chi connectivity index (χ2v) is 13.3. The first-order valence-corrected chi connectivity index (χ1v) is 12.1. The highest BCUT2D eigenvalue weighted by Gasteiger charge is 2.15. The van der Waals surface area contributed by atoms with Crippen LogP contribution in [-0.4, -0.2) is 34.0 Å². The summed E-state index contributed by atoms with van der Waals surface area (Å²) < 4.78 is 9.85. The predicted molar refractivity (Wildman–Crippen MR) is 101 cm³/mol. The minimum Gasteiger partial charge on any atom is -0.361 e. The van der Waals surface area contributed by atoms with Crippen molar-refractivity contribution in [2.45, 2.75) is 39.3 Å². The van der Waals surface area contributed by atoms with Crippen molar-refractivity contribution in [1.29, 1.82) is 0 Å². The Balaban J connectivity index is 1.88. The smallest absolute Gasteiger partial charge is 0.142 e.